The molecule has 0 bridgehead atoms. The molecule has 0 N–H and O–H groups in total. The molecule has 1 aromatic heterocycles. The minimum absolute atomic E-state index is 0.147. The number of amides is 1. The number of rotatable bonds is 6. The van der Waals surface area contributed by atoms with Gasteiger partial charge in [0.25, 0.3) is 5.22 Å². The third kappa shape index (κ3) is 4.91. The van der Waals surface area contributed by atoms with Crippen LogP contribution in [0.4, 0.5) is 8.78 Å². The Labute approximate surface area is 159 Å². The number of carbonyl (C=O) groups excluding carboxylic acids is 1. The van der Waals surface area contributed by atoms with Crippen molar-refractivity contribution in [2.24, 2.45) is 0 Å². The molecule has 0 aliphatic heterocycles. The van der Waals surface area contributed by atoms with E-state index in [9.17, 15) is 13.6 Å². The summed E-state index contributed by atoms with van der Waals surface area (Å²) in [6, 6.07) is 11.8. The van der Waals surface area contributed by atoms with Crippen LogP contribution < -0.4 is 0 Å². The number of thioether (sulfide) groups is 1. The van der Waals surface area contributed by atoms with Crippen molar-refractivity contribution in [3.05, 3.63) is 65.7 Å². The van der Waals surface area contributed by atoms with E-state index in [0.717, 1.165) is 11.8 Å². The molecule has 0 aliphatic carbocycles. The van der Waals surface area contributed by atoms with Gasteiger partial charge in [0, 0.05) is 19.2 Å². The van der Waals surface area contributed by atoms with Crippen LogP contribution in [0.3, 0.4) is 0 Å². The maximum absolute atomic E-state index is 13.3. The van der Waals surface area contributed by atoms with Gasteiger partial charge in [0.1, 0.15) is 11.6 Å². The van der Waals surface area contributed by atoms with E-state index in [0.29, 0.717) is 17.7 Å². The van der Waals surface area contributed by atoms with Crippen LogP contribution >= 0.6 is 11.8 Å². The summed E-state index contributed by atoms with van der Waals surface area (Å²) in [7, 11) is 1.65. The first kappa shape index (κ1) is 19.0. The lowest BCUT2D eigenvalue weighted by Gasteiger charge is -2.20. The lowest BCUT2D eigenvalue weighted by molar-refractivity contribution is -0.129. The molecule has 1 heterocycles. The van der Waals surface area contributed by atoms with Gasteiger partial charge in [-0.25, -0.2) is 8.78 Å². The summed E-state index contributed by atoms with van der Waals surface area (Å²) in [6.45, 7) is 2.03. The van der Waals surface area contributed by atoms with Crippen molar-refractivity contribution in [2.75, 3.05) is 7.05 Å². The SMILES string of the molecule is C[C@@H](Sc1nnc(-c2ccc(F)cc2)o1)C(=O)N(C)Cc1cccc(F)c1. The molecule has 1 atom stereocenters. The van der Waals surface area contributed by atoms with Crippen LogP contribution in [0.15, 0.2) is 58.2 Å². The second kappa shape index (κ2) is 8.30. The van der Waals surface area contributed by atoms with Crippen molar-refractivity contribution in [2.45, 2.75) is 23.9 Å². The van der Waals surface area contributed by atoms with Crippen molar-refractivity contribution in [1.82, 2.24) is 15.1 Å². The van der Waals surface area contributed by atoms with E-state index in [1.54, 1.807) is 38.2 Å². The Morgan fingerprint density at radius 1 is 1.15 bits per heavy atom. The molecule has 0 unspecified atom stereocenters. The standard InChI is InChI=1S/C19H17F2N3O2S/c1-12(18(25)24(2)11-13-4-3-5-16(21)10-13)27-19-23-22-17(26-19)14-6-8-15(20)9-7-14/h3-10,12H,11H2,1-2H3/t12-/m1/s1. The van der Waals surface area contributed by atoms with Crippen molar-refractivity contribution < 1.29 is 18.0 Å². The second-order valence-electron chi connectivity index (χ2n) is 5.96. The van der Waals surface area contributed by atoms with Gasteiger partial charge in [-0.3, -0.25) is 4.79 Å². The molecule has 2 aromatic carbocycles. The molecule has 3 rings (SSSR count). The van der Waals surface area contributed by atoms with E-state index in [1.165, 1.54) is 29.2 Å². The van der Waals surface area contributed by atoms with Crippen molar-refractivity contribution in [1.29, 1.82) is 0 Å². The predicted molar refractivity (Wildman–Crippen MR) is 97.9 cm³/mol. The van der Waals surface area contributed by atoms with Crippen LogP contribution in [0.1, 0.15) is 12.5 Å². The summed E-state index contributed by atoms with van der Waals surface area (Å²) in [5.74, 6) is -0.584. The molecule has 0 fully saturated rings. The lowest BCUT2D eigenvalue weighted by atomic mass is 10.2. The summed E-state index contributed by atoms with van der Waals surface area (Å²) >= 11 is 1.13. The first-order chi connectivity index (χ1) is 12.9. The first-order valence-electron chi connectivity index (χ1n) is 8.18. The van der Waals surface area contributed by atoms with Gasteiger partial charge in [-0.05, 0) is 48.9 Å². The van der Waals surface area contributed by atoms with E-state index in [-0.39, 0.29) is 28.7 Å². The highest BCUT2D eigenvalue weighted by Crippen LogP contribution is 2.27. The average Bonchev–Trinajstić information content (AvgIpc) is 3.10. The highest BCUT2D eigenvalue weighted by molar-refractivity contribution is 8.00. The molecule has 3 aromatic rings. The maximum Gasteiger partial charge on any atom is 0.277 e. The number of hydrogen-bond donors (Lipinski definition) is 0. The zero-order valence-corrected chi connectivity index (χ0v) is 15.5. The molecule has 5 nitrogen and oxygen atoms in total. The number of carbonyl (C=O) groups is 1. The van der Waals surface area contributed by atoms with E-state index >= 15 is 0 Å². The number of aromatic nitrogens is 2. The highest BCUT2D eigenvalue weighted by Gasteiger charge is 2.22. The fraction of sp³-hybridized carbons (Fsp3) is 0.211. The molecular formula is C19H17F2N3O2S. The molecule has 0 aliphatic rings. The molecule has 0 saturated carbocycles. The molecule has 0 radical (unpaired) electrons. The summed E-state index contributed by atoms with van der Waals surface area (Å²) in [5, 5.41) is 7.63. The van der Waals surface area contributed by atoms with Gasteiger partial charge in [0.15, 0.2) is 0 Å². The van der Waals surface area contributed by atoms with Crippen LogP contribution in [-0.4, -0.2) is 33.3 Å². The highest BCUT2D eigenvalue weighted by atomic mass is 32.2. The van der Waals surface area contributed by atoms with Crippen LogP contribution in [0.25, 0.3) is 11.5 Å². The first-order valence-corrected chi connectivity index (χ1v) is 9.06. The van der Waals surface area contributed by atoms with Gasteiger partial charge in [-0.2, -0.15) is 0 Å². The fourth-order valence-electron chi connectivity index (χ4n) is 2.47. The quantitative estimate of drug-likeness (QED) is 0.593. The Morgan fingerprint density at radius 2 is 1.89 bits per heavy atom. The summed E-state index contributed by atoms with van der Waals surface area (Å²) in [5.41, 5.74) is 1.30. The van der Waals surface area contributed by atoms with Gasteiger partial charge >= 0.3 is 0 Å². The zero-order valence-electron chi connectivity index (χ0n) is 14.7. The summed E-state index contributed by atoms with van der Waals surface area (Å²) in [4.78, 5) is 14.0. The van der Waals surface area contributed by atoms with Crippen molar-refractivity contribution >= 4 is 17.7 Å². The maximum atomic E-state index is 13.3. The van der Waals surface area contributed by atoms with Gasteiger partial charge in [-0.1, -0.05) is 23.9 Å². The number of halogens is 2. The Balaban J connectivity index is 1.61. The molecule has 0 spiro atoms. The fourth-order valence-corrected chi connectivity index (χ4v) is 3.26. The monoisotopic (exact) mass is 389 g/mol. The van der Waals surface area contributed by atoms with Crippen molar-refractivity contribution in [3.8, 4) is 11.5 Å². The Morgan fingerprint density at radius 3 is 2.59 bits per heavy atom. The minimum Gasteiger partial charge on any atom is -0.411 e. The van der Waals surface area contributed by atoms with Gasteiger partial charge in [0.05, 0.1) is 5.25 Å². The third-order valence-electron chi connectivity index (χ3n) is 3.81. The normalized spacial score (nSPS) is 12.0. The number of benzene rings is 2. The molecule has 0 saturated heterocycles. The summed E-state index contributed by atoms with van der Waals surface area (Å²) in [6.07, 6.45) is 0. The smallest absolute Gasteiger partial charge is 0.277 e. The predicted octanol–water partition coefficient (Wildman–Crippen LogP) is 4.15. The number of nitrogens with zero attached hydrogens (tertiary/aromatic N) is 3. The van der Waals surface area contributed by atoms with Crippen LogP contribution in [-0.2, 0) is 11.3 Å². The van der Waals surface area contributed by atoms with Gasteiger partial charge in [0.2, 0.25) is 11.8 Å². The second-order valence-corrected chi connectivity index (χ2v) is 7.26. The van der Waals surface area contributed by atoms with Gasteiger partial charge in [-0.15, -0.1) is 10.2 Å². The van der Waals surface area contributed by atoms with Crippen LogP contribution in [0.2, 0.25) is 0 Å². The van der Waals surface area contributed by atoms with E-state index in [4.69, 9.17) is 4.42 Å². The van der Waals surface area contributed by atoms with Crippen LogP contribution in [0.5, 0.6) is 0 Å². The number of hydrogen-bond acceptors (Lipinski definition) is 5. The topological polar surface area (TPSA) is 59.2 Å². The van der Waals surface area contributed by atoms with Crippen LogP contribution in [0, 0.1) is 11.6 Å². The Hall–Kier alpha value is -2.74. The molecular weight excluding hydrogens is 372 g/mol. The molecule has 140 valence electrons. The average molecular weight is 389 g/mol. The summed E-state index contributed by atoms with van der Waals surface area (Å²) < 4.78 is 31.8. The Kier molecular flexibility index (Phi) is 5.85. The van der Waals surface area contributed by atoms with Crippen molar-refractivity contribution in [3.63, 3.8) is 0 Å². The van der Waals surface area contributed by atoms with Gasteiger partial charge < -0.3 is 9.32 Å². The third-order valence-corrected chi connectivity index (χ3v) is 4.73. The Bertz CT molecular complexity index is 931. The zero-order chi connectivity index (χ0) is 19.4. The van der Waals surface area contributed by atoms with E-state index in [1.807, 2.05) is 0 Å². The molecule has 27 heavy (non-hydrogen) atoms. The van der Waals surface area contributed by atoms with E-state index in [2.05, 4.69) is 10.2 Å². The lowest BCUT2D eigenvalue weighted by Crippen LogP contribution is -2.32. The largest absolute Gasteiger partial charge is 0.411 e. The molecule has 1 amide bonds. The minimum atomic E-state index is -0.468. The van der Waals surface area contributed by atoms with E-state index < -0.39 is 5.25 Å². The molecule has 8 heteroatoms.